The predicted molar refractivity (Wildman–Crippen MR) is 172 cm³/mol. The van der Waals surface area contributed by atoms with E-state index in [-0.39, 0.29) is 25.2 Å². The van der Waals surface area contributed by atoms with Gasteiger partial charge >= 0.3 is 6.16 Å². The van der Waals surface area contributed by atoms with Crippen LogP contribution >= 0.6 is 11.6 Å². The molecule has 5 aromatic rings. The van der Waals surface area contributed by atoms with Crippen molar-refractivity contribution in [3.05, 3.63) is 106 Å². The fraction of sp³-hybridized carbons (Fsp3) is 0.303. The van der Waals surface area contributed by atoms with Gasteiger partial charge in [-0.2, -0.15) is 0 Å². The molecule has 2 aromatic heterocycles. The molecule has 14 nitrogen and oxygen atoms in total. The highest BCUT2D eigenvalue weighted by atomic mass is 35.5. The second-order valence-corrected chi connectivity index (χ2v) is 11.2. The Kier molecular flexibility index (Phi) is 11.8. The summed E-state index contributed by atoms with van der Waals surface area (Å²) in [6, 6.07) is 22.6. The molecule has 0 aliphatic heterocycles. The zero-order chi connectivity index (χ0) is 34.0. The quantitative estimate of drug-likeness (QED) is 0.0857. The van der Waals surface area contributed by atoms with E-state index >= 15 is 0 Å². The van der Waals surface area contributed by atoms with Crippen LogP contribution in [0.3, 0.4) is 0 Å². The lowest BCUT2D eigenvalue weighted by molar-refractivity contribution is -0.497. The second kappa shape index (κ2) is 16.4. The van der Waals surface area contributed by atoms with E-state index in [2.05, 4.69) is 32.2 Å². The smallest absolute Gasteiger partial charge is 0.429 e. The molecule has 0 aliphatic carbocycles. The van der Waals surface area contributed by atoms with Gasteiger partial charge < -0.3 is 19.1 Å². The molecular weight excluding hydrogens is 642 g/mol. The van der Waals surface area contributed by atoms with Crippen LogP contribution in [0.4, 0.5) is 4.79 Å². The Labute approximate surface area is 281 Å². The SMILES string of the molecule is CCCCc1nc(Cl)c(CO)n1Cc1ccc(-c2ccccc2-c2nnn(C(C)OC(=O)OCc3cccc(CON(O)O)c3)n2)cc1. The molecule has 0 spiro atoms. The number of aromatic nitrogens is 6. The average Bonchev–Trinajstić information content (AvgIpc) is 3.70. The number of aryl methyl sites for hydroxylation is 1. The summed E-state index contributed by atoms with van der Waals surface area (Å²) in [6.45, 7) is 3.88. The Morgan fingerprint density at radius 1 is 0.979 bits per heavy atom. The molecule has 48 heavy (non-hydrogen) atoms. The number of halogens is 1. The number of carbonyl (C=O) groups is 1. The monoisotopic (exact) mass is 677 g/mol. The van der Waals surface area contributed by atoms with Gasteiger partial charge in [0.05, 0.1) is 24.3 Å². The number of imidazole rings is 1. The lowest BCUT2D eigenvalue weighted by Crippen LogP contribution is -2.18. The van der Waals surface area contributed by atoms with Gasteiger partial charge in [0.15, 0.2) is 5.15 Å². The predicted octanol–water partition coefficient (Wildman–Crippen LogP) is 6.12. The van der Waals surface area contributed by atoms with Gasteiger partial charge in [-0.15, -0.1) is 15.0 Å². The molecule has 0 bridgehead atoms. The summed E-state index contributed by atoms with van der Waals surface area (Å²) < 4.78 is 12.6. The van der Waals surface area contributed by atoms with Crippen molar-refractivity contribution in [2.24, 2.45) is 0 Å². The Hall–Kier alpha value is -4.70. The number of unbranched alkanes of at least 4 members (excludes halogenated alkanes) is 1. The number of carbonyl (C=O) groups excluding carboxylic acids is 1. The van der Waals surface area contributed by atoms with Crippen molar-refractivity contribution in [3.8, 4) is 22.5 Å². The van der Waals surface area contributed by atoms with Crippen molar-refractivity contribution in [2.75, 3.05) is 0 Å². The standard InChI is InChI=1S/C33H36ClN7O7/c1-3-4-12-30-35-31(34)29(19-42)39(30)18-23-13-15-26(16-14-23)27-10-5-6-11-28(27)32-36-38-40(37-32)22(2)48-33(43)46-20-24-8-7-9-25(17-24)21-47-41(44)45/h5-11,13-17,22,42,44-45H,3-4,12,18-21H2,1-2H3. The highest BCUT2D eigenvalue weighted by Crippen LogP contribution is 2.31. The van der Waals surface area contributed by atoms with Gasteiger partial charge in [0, 0.05) is 18.5 Å². The van der Waals surface area contributed by atoms with Crippen molar-refractivity contribution in [2.45, 2.75) is 65.7 Å². The highest BCUT2D eigenvalue weighted by molar-refractivity contribution is 6.30. The maximum absolute atomic E-state index is 12.4. The fourth-order valence-corrected chi connectivity index (χ4v) is 5.32. The Morgan fingerprint density at radius 2 is 1.71 bits per heavy atom. The molecule has 0 fully saturated rings. The number of nitrogens with zero attached hydrogens (tertiary/aromatic N) is 7. The number of hydrogen-bond acceptors (Lipinski definition) is 12. The van der Waals surface area contributed by atoms with Crippen LogP contribution in [-0.4, -0.2) is 56.8 Å². The highest BCUT2D eigenvalue weighted by Gasteiger charge is 2.19. The van der Waals surface area contributed by atoms with Crippen molar-refractivity contribution in [1.82, 2.24) is 35.1 Å². The molecule has 3 aromatic carbocycles. The molecule has 252 valence electrons. The van der Waals surface area contributed by atoms with Gasteiger partial charge in [0.1, 0.15) is 12.4 Å². The molecule has 3 N–H and O–H groups in total. The van der Waals surface area contributed by atoms with E-state index < -0.39 is 12.4 Å². The first kappa shape index (κ1) is 34.6. The lowest BCUT2D eigenvalue weighted by Gasteiger charge is -2.13. The van der Waals surface area contributed by atoms with Gasteiger partial charge in [0.2, 0.25) is 12.1 Å². The third-order valence-electron chi connectivity index (χ3n) is 7.50. The Bertz CT molecular complexity index is 1810. The van der Waals surface area contributed by atoms with E-state index in [4.69, 9.17) is 31.5 Å². The summed E-state index contributed by atoms with van der Waals surface area (Å²) in [4.78, 5) is 22.7. The molecule has 0 aliphatic rings. The van der Waals surface area contributed by atoms with Crippen LogP contribution in [0, 0.1) is 0 Å². The summed E-state index contributed by atoms with van der Waals surface area (Å²) in [5, 5.41) is 40.1. The summed E-state index contributed by atoms with van der Waals surface area (Å²) in [6.07, 6.45) is 0.951. The average molecular weight is 678 g/mol. The van der Waals surface area contributed by atoms with Crippen LogP contribution in [0.5, 0.6) is 0 Å². The first-order chi connectivity index (χ1) is 23.2. The molecule has 5 rings (SSSR count). The van der Waals surface area contributed by atoms with Crippen LogP contribution in [0.1, 0.15) is 61.1 Å². The van der Waals surface area contributed by atoms with Crippen LogP contribution in [-0.2, 0) is 47.1 Å². The molecule has 0 saturated carbocycles. The zero-order valence-electron chi connectivity index (χ0n) is 26.4. The maximum atomic E-state index is 12.4. The first-order valence-corrected chi connectivity index (χ1v) is 15.7. The number of aliphatic hydroxyl groups is 1. The van der Waals surface area contributed by atoms with Gasteiger partial charge in [0.25, 0.3) is 0 Å². The van der Waals surface area contributed by atoms with Gasteiger partial charge in [-0.1, -0.05) is 97.7 Å². The van der Waals surface area contributed by atoms with Crippen molar-refractivity contribution >= 4 is 17.8 Å². The topological polar surface area (TPSA) is 170 Å². The molecule has 1 atom stereocenters. The summed E-state index contributed by atoms with van der Waals surface area (Å²) >= 11 is 6.32. The van der Waals surface area contributed by atoms with Crippen molar-refractivity contribution in [1.29, 1.82) is 0 Å². The number of benzene rings is 3. The van der Waals surface area contributed by atoms with E-state index in [1.165, 1.54) is 4.80 Å². The van der Waals surface area contributed by atoms with Crippen molar-refractivity contribution < 1.29 is 34.6 Å². The third-order valence-corrected chi connectivity index (χ3v) is 7.80. The second-order valence-electron chi connectivity index (χ2n) is 10.9. The van der Waals surface area contributed by atoms with Crippen molar-refractivity contribution in [3.63, 3.8) is 0 Å². The van der Waals surface area contributed by atoms with E-state index in [0.717, 1.165) is 47.3 Å². The van der Waals surface area contributed by atoms with Gasteiger partial charge in [-0.05, 0) is 46.4 Å². The molecule has 2 heterocycles. The maximum Gasteiger partial charge on any atom is 0.510 e. The van der Waals surface area contributed by atoms with E-state index in [0.29, 0.717) is 34.3 Å². The Balaban J connectivity index is 1.23. The minimum atomic E-state index is -0.929. The van der Waals surface area contributed by atoms with Crippen LogP contribution in [0.2, 0.25) is 5.15 Å². The van der Waals surface area contributed by atoms with Crippen LogP contribution in [0.25, 0.3) is 22.5 Å². The number of tetrazole rings is 1. The van der Waals surface area contributed by atoms with Gasteiger partial charge in [-0.25, -0.2) is 14.6 Å². The van der Waals surface area contributed by atoms with Crippen LogP contribution in [0.15, 0.2) is 72.8 Å². The molecule has 0 amide bonds. The normalized spacial score (nSPS) is 12.0. The van der Waals surface area contributed by atoms with E-state index in [9.17, 15) is 9.90 Å². The molecular formula is C33H36ClN7O7. The molecule has 0 saturated heterocycles. The van der Waals surface area contributed by atoms with Gasteiger partial charge in [-0.3, -0.25) is 10.4 Å². The van der Waals surface area contributed by atoms with E-state index in [1.807, 2.05) is 53.1 Å². The summed E-state index contributed by atoms with van der Waals surface area (Å²) in [5.74, 6) is 1.21. The third kappa shape index (κ3) is 8.80. The minimum absolute atomic E-state index is 0.0811. The van der Waals surface area contributed by atoms with Crippen LogP contribution < -0.4 is 0 Å². The first-order valence-electron chi connectivity index (χ1n) is 15.3. The largest absolute Gasteiger partial charge is 0.510 e. The number of hydrogen-bond donors (Lipinski definition) is 3. The summed E-state index contributed by atoms with van der Waals surface area (Å²) in [7, 11) is 0. The molecule has 0 radical (unpaired) electrons. The summed E-state index contributed by atoms with van der Waals surface area (Å²) in [5.41, 5.74) is 5.49. The fourth-order valence-electron chi connectivity index (χ4n) is 5.06. The zero-order valence-corrected chi connectivity index (χ0v) is 27.2. The minimum Gasteiger partial charge on any atom is -0.429 e. The number of rotatable bonds is 15. The molecule has 15 heteroatoms. The molecule has 1 unspecified atom stereocenters. The van der Waals surface area contributed by atoms with E-state index in [1.54, 1.807) is 31.2 Å². The lowest BCUT2D eigenvalue weighted by atomic mass is 9.98. The number of aliphatic hydroxyl groups excluding tert-OH is 1. The number of ether oxygens (including phenoxy) is 2. The Morgan fingerprint density at radius 3 is 2.42 bits per heavy atom.